The summed E-state index contributed by atoms with van der Waals surface area (Å²) in [6.07, 6.45) is 3.32. The second kappa shape index (κ2) is 4.14. The molecule has 0 saturated heterocycles. The Hall–Kier alpha value is -2.17. The molecule has 0 bridgehead atoms. The van der Waals surface area contributed by atoms with Crippen molar-refractivity contribution in [2.45, 2.75) is 6.42 Å². The highest BCUT2D eigenvalue weighted by atomic mass is 16.4. The van der Waals surface area contributed by atoms with E-state index in [2.05, 4.69) is 9.97 Å². The number of hydrogen-bond acceptors (Lipinski definition) is 3. The first-order valence-corrected chi connectivity index (χ1v) is 4.82. The Balaban J connectivity index is 2.36. The molecule has 5 nitrogen and oxygen atoms in total. The normalized spacial score (nSPS) is 10.3. The van der Waals surface area contributed by atoms with Crippen molar-refractivity contribution < 1.29 is 9.90 Å². The van der Waals surface area contributed by atoms with Crippen molar-refractivity contribution >= 4 is 5.97 Å². The number of carboxylic acid groups (broad SMARTS) is 1. The molecule has 1 N–H and O–H groups in total. The fraction of sp³-hybridized carbons (Fsp3) is 0.182. The van der Waals surface area contributed by atoms with Gasteiger partial charge in [0.25, 0.3) is 0 Å². The van der Waals surface area contributed by atoms with Crippen LogP contribution in [0.5, 0.6) is 0 Å². The van der Waals surface area contributed by atoms with E-state index in [4.69, 9.17) is 5.11 Å². The summed E-state index contributed by atoms with van der Waals surface area (Å²) in [5.41, 5.74) is 1.28. The van der Waals surface area contributed by atoms with Crippen LogP contribution in [0.15, 0.2) is 30.6 Å². The van der Waals surface area contributed by atoms with Crippen molar-refractivity contribution in [1.82, 2.24) is 14.5 Å². The van der Waals surface area contributed by atoms with Crippen LogP contribution in [0.25, 0.3) is 11.5 Å². The third-order valence-electron chi connectivity index (χ3n) is 2.15. The maximum Gasteiger partial charge on any atom is 0.309 e. The van der Waals surface area contributed by atoms with Gasteiger partial charge in [-0.3, -0.25) is 9.78 Å². The summed E-state index contributed by atoms with van der Waals surface area (Å²) in [7, 11) is 1.82. The Morgan fingerprint density at radius 3 is 2.94 bits per heavy atom. The molecule has 0 atom stereocenters. The zero-order valence-corrected chi connectivity index (χ0v) is 8.79. The minimum Gasteiger partial charge on any atom is -0.481 e. The molecular formula is C11H11N3O2. The minimum atomic E-state index is -0.884. The first-order chi connectivity index (χ1) is 7.66. The largest absolute Gasteiger partial charge is 0.481 e. The standard InChI is InChI=1S/C11H11N3O2/c1-14-7-8(6-10(15)16)13-11(14)9-4-2-3-5-12-9/h2-5,7H,6H2,1H3,(H,15,16). The Kier molecular flexibility index (Phi) is 2.68. The molecule has 0 radical (unpaired) electrons. The molecule has 2 rings (SSSR count). The van der Waals surface area contributed by atoms with Gasteiger partial charge >= 0.3 is 5.97 Å². The lowest BCUT2D eigenvalue weighted by atomic mass is 10.3. The number of nitrogens with zero attached hydrogens (tertiary/aromatic N) is 3. The molecule has 0 amide bonds. The van der Waals surface area contributed by atoms with Crippen molar-refractivity contribution in [3.05, 3.63) is 36.3 Å². The highest BCUT2D eigenvalue weighted by Crippen LogP contribution is 2.15. The van der Waals surface area contributed by atoms with Crippen molar-refractivity contribution in [1.29, 1.82) is 0 Å². The van der Waals surface area contributed by atoms with Gasteiger partial charge in [-0.1, -0.05) is 6.07 Å². The van der Waals surface area contributed by atoms with Gasteiger partial charge in [0, 0.05) is 19.4 Å². The van der Waals surface area contributed by atoms with Crippen LogP contribution < -0.4 is 0 Å². The number of imidazole rings is 1. The SMILES string of the molecule is Cn1cc(CC(=O)O)nc1-c1ccccn1. The van der Waals surface area contributed by atoms with E-state index in [1.165, 1.54) is 0 Å². The van der Waals surface area contributed by atoms with Crippen molar-refractivity contribution in [3.8, 4) is 11.5 Å². The number of pyridine rings is 1. The average molecular weight is 217 g/mol. The maximum absolute atomic E-state index is 10.6. The van der Waals surface area contributed by atoms with Gasteiger partial charge in [-0.25, -0.2) is 4.98 Å². The molecule has 0 aliphatic heterocycles. The summed E-state index contributed by atoms with van der Waals surface area (Å²) in [5, 5.41) is 8.67. The summed E-state index contributed by atoms with van der Waals surface area (Å²) in [6, 6.07) is 5.53. The molecule has 0 aliphatic rings. The van der Waals surface area contributed by atoms with Crippen molar-refractivity contribution in [2.24, 2.45) is 7.05 Å². The number of hydrogen-bond donors (Lipinski definition) is 1. The van der Waals surface area contributed by atoms with Crippen LogP contribution in [0.1, 0.15) is 5.69 Å². The van der Waals surface area contributed by atoms with Crippen LogP contribution in [0.3, 0.4) is 0 Å². The smallest absolute Gasteiger partial charge is 0.309 e. The fourth-order valence-corrected chi connectivity index (χ4v) is 1.50. The molecule has 5 heteroatoms. The van der Waals surface area contributed by atoms with E-state index in [1.807, 2.05) is 25.2 Å². The van der Waals surface area contributed by atoms with E-state index in [0.29, 0.717) is 11.5 Å². The fourth-order valence-electron chi connectivity index (χ4n) is 1.50. The lowest BCUT2D eigenvalue weighted by Gasteiger charge is -1.98. The third kappa shape index (κ3) is 2.08. The van der Waals surface area contributed by atoms with Crippen molar-refractivity contribution in [3.63, 3.8) is 0 Å². The Morgan fingerprint density at radius 1 is 1.50 bits per heavy atom. The third-order valence-corrected chi connectivity index (χ3v) is 2.15. The maximum atomic E-state index is 10.6. The first kappa shape index (κ1) is 10.4. The van der Waals surface area contributed by atoms with Crippen LogP contribution in [0.4, 0.5) is 0 Å². The molecule has 0 fully saturated rings. The van der Waals surface area contributed by atoms with Gasteiger partial charge in [0.2, 0.25) is 0 Å². The molecule has 82 valence electrons. The van der Waals surface area contributed by atoms with E-state index in [1.54, 1.807) is 17.0 Å². The van der Waals surface area contributed by atoms with Crippen LogP contribution in [-0.4, -0.2) is 25.6 Å². The number of aryl methyl sites for hydroxylation is 1. The summed E-state index contributed by atoms with van der Waals surface area (Å²) >= 11 is 0. The van der Waals surface area contributed by atoms with Gasteiger partial charge in [0.1, 0.15) is 5.69 Å². The molecule has 2 aromatic rings. The Labute approximate surface area is 92.4 Å². The van der Waals surface area contributed by atoms with Gasteiger partial charge in [-0.15, -0.1) is 0 Å². The Bertz CT molecular complexity index is 505. The molecule has 2 aromatic heterocycles. The van der Waals surface area contributed by atoms with Crippen LogP contribution in [0.2, 0.25) is 0 Å². The number of aliphatic carboxylic acids is 1. The predicted molar refractivity (Wildman–Crippen MR) is 57.8 cm³/mol. The predicted octanol–water partition coefficient (Wildman–Crippen LogP) is 1.11. The van der Waals surface area contributed by atoms with E-state index in [-0.39, 0.29) is 6.42 Å². The van der Waals surface area contributed by atoms with E-state index in [9.17, 15) is 4.79 Å². The van der Waals surface area contributed by atoms with Crippen LogP contribution in [0, 0.1) is 0 Å². The summed E-state index contributed by atoms with van der Waals surface area (Å²) in [5.74, 6) is -0.206. The van der Waals surface area contributed by atoms with Crippen molar-refractivity contribution in [2.75, 3.05) is 0 Å². The number of rotatable bonds is 3. The van der Waals surface area contributed by atoms with E-state index >= 15 is 0 Å². The number of carbonyl (C=O) groups is 1. The quantitative estimate of drug-likeness (QED) is 0.836. The van der Waals surface area contributed by atoms with Gasteiger partial charge in [-0.2, -0.15) is 0 Å². The molecule has 0 aliphatic carbocycles. The van der Waals surface area contributed by atoms with Crippen LogP contribution >= 0.6 is 0 Å². The van der Waals surface area contributed by atoms with E-state index in [0.717, 1.165) is 5.69 Å². The van der Waals surface area contributed by atoms with Gasteiger partial charge in [-0.05, 0) is 12.1 Å². The number of aromatic nitrogens is 3. The summed E-state index contributed by atoms with van der Waals surface area (Å²) in [6.45, 7) is 0. The summed E-state index contributed by atoms with van der Waals surface area (Å²) < 4.78 is 1.78. The highest BCUT2D eigenvalue weighted by Gasteiger charge is 2.10. The number of carboxylic acids is 1. The van der Waals surface area contributed by atoms with Gasteiger partial charge in [0.05, 0.1) is 12.1 Å². The molecule has 2 heterocycles. The first-order valence-electron chi connectivity index (χ1n) is 4.82. The van der Waals surface area contributed by atoms with Crippen LogP contribution in [-0.2, 0) is 18.3 Å². The Morgan fingerprint density at radius 2 is 2.31 bits per heavy atom. The molecule has 0 saturated carbocycles. The second-order valence-electron chi connectivity index (χ2n) is 3.45. The lowest BCUT2D eigenvalue weighted by Crippen LogP contribution is -1.99. The molecule has 0 aromatic carbocycles. The zero-order chi connectivity index (χ0) is 11.5. The molecule has 16 heavy (non-hydrogen) atoms. The lowest BCUT2D eigenvalue weighted by molar-refractivity contribution is -0.136. The van der Waals surface area contributed by atoms with Gasteiger partial charge < -0.3 is 9.67 Å². The topological polar surface area (TPSA) is 68.0 Å². The molecular weight excluding hydrogens is 206 g/mol. The monoisotopic (exact) mass is 217 g/mol. The zero-order valence-electron chi connectivity index (χ0n) is 8.79. The average Bonchev–Trinajstić information content (AvgIpc) is 2.60. The minimum absolute atomic E-state index is 0.0688. The van der Waals surface area contributed by atoms with E-state index < -0.39 is 5.97 Å². The second-order valence-corrected chi connectivity index (χ2v) is 3.45. The summed E-state index contributed by atoms with van der Waals surface area (Å²) in [4.78, 5) is 19.0. The van der Waals surface area contributed by atoms with Gasteiger partial charge in [0.15, 0.2) is 5.82 Å². The highest BCUT2D eigenvalue weighted by molar-refractivity contribution is 5.69. The molecule has 0 spiro atoms. The molecule has 0 unspecified atom stereocenters.